The molecule has 35 heavy (non-hydrogen) atoms. The highest BCUT2D eigenvalue weighted by atomic mass is 19.4. The van der Waals surface area contributed by atoms with E-state index < -0.39 is 11.7 Å². The van der Waals surface area contributed by atoms with Crippen molar-refractivity contribution in [3.63, 3.8) is 0 Å². The van der Waals surface area contributed by atoms with Crippen LogP contribution in [-0.4, -0.2) is 49.9 Å². The molecule has 0 N–H and O–H groups in total. The van der Waals surface area contributed by atoms with Gasteiger partial charge in [0.15, 0.2) is 5.82 Å². The number of aryl methyl sites for hydroxylation is 1. The SMILES string of the molecule is Cc1ccc(-c2ncccn2)c(C(=O)N2CC3C[C@@H]3C[C@H]2CCOc2ccc(C(F)(F)F)cn2)n1. The molecule has 0 bridgehead atoms. The number of pyridine rings is 2. The summed E-state index contributed by atoms with van der Waals surface area (Å²) in [6.45, 7) is 2.72. The molecular weight excluding hydrogens is 459 g/mol. The predicted octanol–water partition coefficient (Wildman–Crippen LogP) is 4.58. The number of hydrogen-bond donors (Lipinski definition) is 0. The fourth-order valence-electron chi connectivity index (χ4n) is 4.63. The number of amides is 1. The number of piperidine rings is 1. The van der Waals surface area contributed by atoms with E-state index in [1.54, 1.807) is 18.5 Å². The molecule has 1 amide bonds. The van der Waals surface area contributed by atoms with Gasteiger partial charge in [-0.3, -0.25) is 4.79 Å². The monoisotopic (exact) mass is 483 g/mol. The summed E-state index contributed by atoms with van der Waals surface area (Å²) < 4.78 is 43.9. The zero-order valence-electron chi connectivity index (χ0n) is 19.1. The van der Waals surface area contributed by atoms with Gasteiger partial charge in [0.1, 0.15) is 5.69 Å². The third kappa shape index (κ3) is 5.11. The van der Waals surface area contributed by atoms with Gasteiger partial charge in [-0.2, -0.15) is 13.2 Å². The second kappa shape index (κ2) is 9.24. The van der Waals surface area contributed by atoms with Crippen LogP contribution in [0.25, 0.3) is 11.4 Å². The average Bonchev–Trinajstić information content (AvgIpc) is 3.62. The van der Waals surface area contributed by atoms with E-state index in [1.165, 1.54) is 6.07 Å². The van der Waals surface area contributed by atoms with Gasteiger partial charge in [0, 0.05) is 49.4 Å². The number of carbonyl (C=O) groups is 1. The number of halogens is 3. The summed E-state index contributed by atoms with van der Waals surface area (Å²) >= 11 is 0. The van der Waals surface area contributed by atoms with Crippen molar-refractivity contribution in [2.45, 2.75) is 38.4 Å². The summed E-state index contributed by atoms with van der Waals surface area (Å²) in [7, 11) is 0. The van der Waals surface area contributed by atoms with Crippen molar-refractivity contribution in [3.8, 4) is 17.3 Å². The normalized spacial score (nSPS) is 21.4. The van der Waals surface area contributed by atoms with Crippen molar-refractivity contribution in [2.75, 3.05) is 13.2 Å². The van der Waals surface area contributed by atoms with Crippen LogP contribution in [0, 0.1) is 18.8 Å². The van der Waals surface area contributed by atoms with Crippen LogP contribution in [0.1, 0.15) is 41.0 Å². The van der Waals surface area contributed by atoms with E-state index >= 15 is 0 Å². The van der Waals surface area contributed by atoms with Gasteiger partial charge in [0.2, 0.25) is 5.88 Å². The Morgan fingerprint density at radius 3 is 2.60 bits per heavy atom. The first-order valence-electron chi connectivity index (χ1n) is 11.5. The number of ether oxygens (including phenoxy) is 1. The van der Waals surface area contributed by atoms with E-state index in [9.17, 15) is 18.0 Å². The molecular formula is C25H24F3N5O2. The molecule has 0 radical (unpaired) electrons. The molecule has 1 aliphatic heterocycles. The highest BCUT2D eigenvalue weighted by Crippen LogP contribution is 2.48. The van der Waals surface area contributed by atoms with Crippen molar-refractivity contribution in [1.29, 1.82) is 0 Å². The minimum atomic E-state index is -4.44. The number of alkyl halides is 3. The quantitative estimate of drug-likeness (QED) is 0.511. The molecule has 1 saturated heterocycles. The van der Waals surface area contributed by atoms with Gasteiger partial charge in [-0.1, -0.05) is 0 Å². The van der Waals surface area contributed by atoms with Crippen molar-refractivity contribution in [1.82, 2.24) is 24.8 Å². The molecule has 2 aliphatic rings. The van der Waals surface area contributed by atoms with Crippen molar-refractivity contribution >= 4 is 5.91 Å². The van der Waals surface area contributed by atoms with Crippen LogP contribution in [0.3, 0.4) is 0 Å². The molecule has 5 rings (SSSR count). The van der Waals surface area contributed by atoms with Gasteiger partial charge in [-0.05, 0) is 55.9 Å². The first-order chi connectivity index (χ1) is 16.8. The summed E-state index contributed by atoms with van der Waals surface area (Å²) in [5.41, 5.74) is 0.814. The largest absolute Gasteiger partial charge is 0.478 e. The minimum absolute atomic E-state index is 0.0625. The van der Waals surface area contributed by atoms with Crippen LogP contribution in [0.15, 0.2) is 48.9 Å². The molecule has 0 aromatic carbocycles. The Hall–Kier alpha value is -3.56. The Balaban J connectivity index is 1.31. The molecule has 1 unspecified atom stereocenters. The highest BCUT2D eigenvalue weighted by Gasteiger charge is 2.47. The zero-order chi connectivity index (χ0) is 24.6. The van der Waals surface area contributed by atoms with Gasteiger partial charge < -0.3 is 9.64 Å². The van der Waals surface area contributed by atoms with Crippen molar-refractivity contribution in [2.24, 2.45) is 11.8 Å². The summed E-state index contributed by atoms with van der Waals surface area (Å²) in [5.74, 6) is 1.49. The number of rotatable bonds is 6. The van der Waals surface area contributed by atoms with E-state index in [2.05, 4.69) is 19.9 Å². The van der Waals surface area contributed by atoms with Gasteiger partial charge in [-0.25, -0.2) is 19.9 Å². The molecule has 4 heterocycles. The van der Waals surface area contributed by atoms with Crippen LogP contribution < -0.4 is 4.74 Å². The van der Waals surface area contributed by atoms with Crippen molar-refractivity contribution in [3.05, 3.63) is 65.9 Å². The Morgan fingerprint density at radius 1 is 1.09 bits per heavy atom. The van der Waals surface area contributed by atoms with Crippen LogP contribution in [0.2, 0.25) is 0 Å². The molecule has 3 atom stereocenters. The lowest BCUT2D eigenvalue weighted by Gasteiger charge is -2.35. The van der Waals surface area contributed by atoms with E-state index in [4.69, 9.17) is 4.74 Å². The molecule has 10 heteroatoms. The Morgan fingerprint density at radius 2 is 1.89 bits per heavy atom. The number of aromatic nitrogens is 4. The van der Waals surface area contributed by atoms with Gasteiger partial charge in [-0.15, -0.1) is 0 Å². The maximum Gasteiger partial charge on any atom is 0.417 e. The second-order valence-electron chi connectivity index (χ2n) is 9.04. The number of carbonyl (C=O) groups excluding carboxylic acids is 1. The zero-order valence-corrected chi connectivity index (χ0v) is 19.1. The van der Waals surface area contributed by atoms with E-state index in [-0.39, 0.29) is 24.4 Å². The van der Waals surface area contributed by atoms with E-state index in [0.29, 0.717) is 41.9 Å². The topological polar surface area (TPSA) is 81.1 Å². The summed E-state index contributed by atoms with van der Waals surface area (Å²) in [5, 5.41) is 0. The molecule has 0 spiro atoms. The maximum atomic E-state index is 13.7. The molecule has 2 fully saturated rings. The second-order valence-corrected chi connectivity index (χ2v) is 9.04. The number of hydrogen-bond acceptors (Lipinski definition) is 6. The van der Waals surface area contributed by atoms with Crippen LogP contribution in [0.5, 0.6) is 5.88 Å². The molecule has 3 aromatic rings. The van der Waals surface area contributed by atoms with Crippen LogP contribution >= 0.6 is 0 Å². The lowest BCUT2D eigenvalue weighted by Crippen LogP contribution is -2.46. The molecule has 7 nitrogen and oxygen atoms in total. The molecule has 3 aromatic heterocycles. The lowest BCUT2D eigenvalue weighted by molar-refractivity contribution is -0.137. The first-order valence-corrected chi connectivity index (χ1v) is 11.5. The molecule has 1 saturated carbocycles. The lowest BCUT2D eigenvalue weighted by atomic mass is 9.98. The summed E-state index contributed by atoms with van der Waals surface area (Å²) in [6.07, 6.45) is 2.07. The first kappa shape index (κ1) is 23.2. The van der Waals surface area contributed by atoms with E-state index in [0.717, 1.165) is 30.8 Å². The minimum Gasteiger partial charge on any atom is -0.478 e. The maximum absolute atomic E-state index is 13.7. The third-order valence-electron chi connectivity index (χ3n) is 6.59. The number of fused-ring (bicyclic) bond motifs is 1. The number of nitrogens with zero attached hydrogens (tertiary/aromatic N) is 5. The summed E-state index contributed by atoms with van der Waals surface area (Å²) in [4.78, 5) is 32.5. The van der Waals surface area contributed by atoms with Crippen LogP contribution in [0.4, 0.5) is 13.2 Å². The standard InChI is InChI=1S/C25H24F3N5O2/c1-15-3-5-20(23-29-8-2-9-30-23)22(32-15)24(34)33-14-17-11-16(17)12-19(33)7-10-35-21-6-4-18(13-31-21)25(26,27)28/h2-6,8-9,13,16-17,19H,7,10-12,14H2,1H3/t16-,17?,19-/m1/s1. The Bertz CT molecular complexity index is 1200. The Labute approximate surface area is 200 Å². The van der Waals surface area contributed by atoms with E-state index in [1.807, 2.05) is 24.0 Å². The predicted molar refractivity (Wildman–Crippen MR) is 120 cm³/mol. The summed E-state index contributed by atoms with van der Waals surface area (Å²) in [6, 6.07) is 7.47. The fourth-order valence-corrected chi connectivity index (χ4v) is 4.63. The molecule has 182 valence electrons. The smallest absolute Gasteiger partial charge is 0.417 e. The average molecular weight is 483 g/mol. The van der Waals surface area contributed by atoms with Gasteiger partial charge in [0.25, 0.3) is 5.91 Å². The van der Waals surface area contributed by atoms with Gasteiger partial charge in [0.05, 0.1) is 17.7 Å². The fraction of sp³-hybridized carbons (Fsp3) is 0.400. The van der Waals surface area contributed by atoms with Crippen LogP contribution in [-0.2, 0) is 6.18 Å². The van der Waals surface area contributed by atoms with Crippen molar-refractivity contribution < 1.29 is 22.7 Å². The Kier molecular flexibility index (Phi) is 6.12. The molecule has 1 aliphatic carbocycles. The highest BCUT2D eigenvalue weighted by molar-refractivity contribution is 5.98. The van der Waals surface area contributed by atoms with Gasteiger partial charge >= 0.3 is 6.18 Å². The third-order valence-corrected chi connectivity index (χ3v) is 6.59. The number of likely N-dealkylation sites (tertiary alicyclic amines) is 1.